The molecule has 0 saturated carbocycles. The topological polar surface area (TPSA) is 89.9 Å². The van der Waals surface area contributed by atoms with Crippen molar-refractivity contribution in [3.8, 4) is 16.8 Å². The Hall–Kier alpha value is -4.68. The molecule has 0 saturated heterocycles. The second kappa shape index (κ2) is 9.41. The summed E-state index contributed by atoms with van der Waals surface area (Å²) in [6.07, 6.45) is 5.50. The highest BCUT2D eigenvalue weighted by Gasteiger charge is 2.34. The molecule has 1 aromatic carbocycles. The largest absolute Gasteiger partial charge is 0.451 e. The maximum atomic E-state index is 14.2. The zero-order chi connectivity index (χ0) is 26.2. The molecule has 0 spiro atoms. The van der Waals surface area contributed by atoms with E-state index in [0.29, 0.717) is 40.2 Å². The molecule has 0 unspecified atom stereocenters. The minimum Gasteiger partial charge on any atom is -0.369 e. The lowest BCUT2D eigenvalue weighted by Crippen LogP contribution is -2.10. The van der Waals surface area contributed by atoms with Crippen molar-refractivity contribution in [3.05, 3.63) is 78.8 Å². The van der Waals surface area contributed by atoms with Crippen molar-refractivity contribution in [2.75, 3.05) is 14.1 Å². The smallest absolute Gasteiger partial charge is 0.369 e. The number of rotatable bonds is 6. The minimum absolute atomic E-state index is 0.292. The maximum Gasteiger partial charge on any atom is 0.451 e. The predicted molar refractivity (Wildman–Crippen MR) is 128 cm³/mol. The van der Waals surface area contributed by atoms with Crippen LogP contribution in [-0.2, 0) is 12.7 Å². The molecule has 188 valence electrons. The number of nitrogens with zero attached hydrogens (tertiary/aromatic N) is 9. The van der Waals surface area contributed by atoms with Crippen LogP contribution in [-0.4, -0.2) is 59.6 Å². The Morgan fingerprint density at radius 2 is 1.76 bits per heavy atom. The third kappa shape index (κ3) is 4.87. The summed E-state index contributed by atoms with van der Waals surface area (Å²) in [4.78, 5) is 21.8. The van der Waals surface area contributed by atoms with E-state index >= 15 is 0 Å². The highest BCUT2D eigenvalue weighted by atomic mass is 19.4. The number of halogens is 4. The van der Waals surface area contributed by atoms with Gasteiger partial charge in [0.15, 0.2) is 5.82 Å². The standard InChI is InChI=1S/C24H19F4N9/c1-35(2)14-33-21-20-17(16-8-29-23(30-9-16)24(26,27)28)12-36(22(20)32-13-31-21)10-15-7-34-37(11-15)19-6-4-3-5-18(19)25/h3-9,11-14H,10H2,1-2H3/b33-14-. The first kappa shape index (κ1) is 24.0. The molecular formula is C24H19F4N9. The van der Waals surface area contributed by atoms with Crippen molar-refractivity contribution >= 4 is 23.2 Å². The first-order chi connectivity index (χ1) is 17.7. The van der Waals surface area contributed by atoms with E-state index in [1.165, 1.54) is 17.1 Å². The van der Waals surface area contributed by atoms with Crippen LogP contribution in [0.5, 0.6) is 0 Å². The fourth-order valence-corrected chi connectivity index (χ4v) is 3.74. The van der Waals surface area contributed by atoms with Crippen molar-refractivity contribution in [2.24, 2.45) is 4.99 Å². The van der Waals surface area contributed by atoms with Crippen molar-refractivity contribution < 1.29 is 17.6 Å². The van der Waals surface area contributed by atoms with Gasteiger partial charge in [-0.3, -0.25) is 0 Å². The van der Waals surface area contributed by atoms with E-state index < -0.39 is 17.8 Å². The van der Waals surface area contributed by atoms with Crippen molar-refractivity contribution in [1.29, 1.82) is 0 Å². The third-order valence-electron chi connectivity index (χ3n) is 5.35. The summed E-state index contributed by atoms with van der Waals surface area (Å²) >= 11 is 0. The number of benzene rings is 1. The monoisotopic (exact) mass is 509 g/mol. The fraction of sp³-hybridized carbons (Fsp3) is 0.167. The predicted octanol–water partition coefficient (Wildman–Crippen LogP) is 4.50. The molecule has 0 atom stereocenters. The Labute approximate surface area is 207 Å². The van der Waals surface area contributed by atoms with E-state index in [1.54, 1.807) is 66.7 Å². The molecular weight excluding hydrogens is 490 g/mol. The Kier molecular flexibility index (Phi) is 6.11. The molecule has 0 N–H and O–H groups in total. The van der Waals surface area contributed by atoms with Gasteiger partial charge in [-0.2, -0.15) is 18.3 Å². The lowest BCUT2D eigenvalue weighted by molar-refractivity contribution is -0.144. The number of hydrogen-bond acceptors (Lipinski definition) is 6. The van der Waals surface area contributed by atoms with Gasteiger partial charge in [-0.25, -0.2) is 34.0 Å². The van der Waals surface area contributed by atoms with E-state index in [-0.39, 0.29) is 0 Å². The molecule has 13 heteroatoms. The van der Waals surface area contributed by atoms with Gasteiger partial charge in [0.2, 0.25) is 5.82 Å². The molecule has 5 rings (SSSR count). The van der Waals surface area contributed by atoms with Gasteiger partial charge in [-0.15, -0.1) is 0 Å². The third-order valence-corrected chi connectivity index (χ3v) is 5.35. The van der Waals surface area contributed by atoms with Gasteiger partial charge in [-0.1, -0.05) is 12.1 Å². The van der Waals surface area contributed by atoms with Crippen LogP contribution in [0.2, 0.25) is 0 Å². The Bertz CT molecular complexity index is 1580. The molecule has 5 aromatic rings. The second-order valence-corrected chi connectivity index (χ2v) is 8.31. The number of para-hydroxylation sites is 1. The fourth-order valence-electron chi connectivity index (χ4n) is 3.74. The van der Waals surface area contributed by atoms with Crippen LogP contribution >= 0.6 is 0 Å². The van der Waals surface area contributed by atoms with E-state index in [2.05, 4.69) is 30.0 Å². The second-order valence-electron chi connectivity index (χ2n) is 8.31. The Morgan fingerprint density at radius 1 is 1.00 bits per heavy atom. The van der Waals surface area contributed by atoms with E-state index in [4.69, 9.17) is 0 Å². The van der Waals surface area contributed by atoms with Crippen molar-refractivity contribution in [2.45, 2.75) is 12.7 Å². The summed E-state index contributed by atoms with van der Waals surface area (Å²) in [6.45, 7) is 0.292. The zero-order valence-electron chi connectivity index (χ0n) is 19.6. The molecule has 0 aliphatic rings. The maximum absolute atomic E-state index is 14.2. The Morgan fingerprint density at radius 3 is 2.46 bits per heavy atom. The summed E-state index contributed by atoms with van der Waals surface area (Å²) in [5, 5.41) is 4.78. The van der Waals surface area contributed by atoms with Crippen LogP contribution in [0.3, 0.4) is 0 Å². The molecule has 37 heavy (non-hydrogen) atoms. The zero-order valence-corrected chi connectivity index (χ0v) is 19.6. The Balaban J connectivity index is 1.60. The van der Waals surface area contributed by atoms with Crippen LogP contribution in [0, 0.1) is 5.82 Å². The quantitative estimate of drug-likeness (QED) is 0.190. The SMILES string of the molecule is CN(C)/C=N\c1ncnc2c1c(-c1cnc(C(F)(F)F)nc1)cn2Cc1cnn(-c2ccccc2F)c1. The summed E-state index contributed by atoms with van der Waals surface area (Å²) in [7, 11) is 3.59. The van der Waals surface area contributed by atoms with E-state index in [0.717, 1.165) is 18.0 Å². The highest BCUT2D eigenvalue weighted by Crippen LogP contribution is 2.35. The first-order valence-corrected chi connectivity index (χ1v) is 10.9. The molecule has 0 bridgehead atoms. The molecule has 4 aromatic heterocycles. The van der Waals surface area contributed by atoms with Crippen LogP contribution < -0.4 is 0 Å². The van der Waals surface area contributed by atoms with Gasteiger partial charge in [0.05, 0.1) is 24.5 Å². The normalized spacial score (nSPS) is 12.1. The number of hydrogen-bond donors (Lipinski definition) is 0. The van der Waals surface area contributed by atoms with Crippen LogP contribution in [0.1, 0.15) is 11.4 Å². The summed E-state index contributed by atoms with van der Waals surface area (Å²) < 4.78 is 56.5. The number of fused-ring (bicyclic) bond motifs is 1. The van der Waals surface area contributed by atoms with Crippen molar-refractivity contribution in [1.82, 2.24) is 39.2 Å². The molecule has 0 fully saturated rings. The van der Waals surface area contributed by atoms with Gasteiger partial charge in [-0.05, 0) is 12.1 Å². The molecule has 4 heterocycles. The minimum atomic E-state index is -4.66. The average Bonchev–Trinajstić information content (AvgIpc) is 3.48. The van der Waals surface area contributed by atoms with Gasteiger partial charge >= 0.3 is 6.18 Å². The average molecular weight is 509 g/mol. The molecule has 0 radical (unpaired) electrons. The van der Waals surface area contributed by atoms with Crippen LogP contribution in [0.15, 0.2) is 66.6 Å². The van der Waals surface area contributed by atoms with E-state index in [9.17, 15) is 17.6 Å². The number of aromatic nitrogens is 7. The number of alkyl halides is 3. The molecule has 0 aliphatic carbocycles. The van der Waals surface area contributed by atoms with Gasteiger partial charge in [0, 0.05) is 55.6 Å². The lowest BCUT2D eigenvalue weighted by Gasteiger charge is -2.06. The first-order valence-electron chi connectivity index (χ1n) is 10.9. The number of aliphatic imine (C=N–C) groups is 1. The summed E-state index contributed by atoms with van der Waals surface area (Å²) in [6, 6.07) is 6.27. The summed E-state index contributed by atoms with van der Waals surface area (Å²) in [5.74, 6) is -1.32. The van der Waals surface area contributed by atoms with Crippen LogP contribution in [0.4, 0.5) is 23.4 Å². The summed E-state index contributed by atoms with van der Waals surface area (Å²) in [5.41, 5.74) is 2.39. The van der Waals surface area contributed by atoms with Gasteiger partial charge in [0.1, 0.15) is 23.5 Å². The van der Waals surface area contributed by atoms with Crippen molar-refractivity contribution in [3.63, 3.8) is 0 Å². The molecule has 0 aliphatic heterocycles. The van der Waals surface area contributed by atoms with Gasteiger partial charge in [0.25, 0.3) is 0 Å². The lowest BCUT2D eigenvalue weighted by atomic mass is 10.1. The molecule has 9 nitrogen and oxygen atoms in total. The van der Waals surface area contributed by atoms with Gasteiger partial charge < -0.3 is 9.47 Å². The van der Waals surface area contributed by atoms with E-state index in [1.807, 2.05) is 0 Å². The van der Waals surface area contributed by atoms with Crippen LogP contribution in [0.25, 0.3) is 27.8 Å². The highest BCUT2D eigenvalue weighted by molar-refractivity contribution is 6.00. The molecule has 0 amide bonds.